The Labute approximate surface area is 186 Å². The van der Waals surface area contributed by atoms with Crippen molar-refractivity contribution in [1.82, 2.24) is 19.5 Å². The number of aryl methyl sites for hydroxylation is 2. The standard InChI is InChI=1S/C24H26N6O2/c1-31-21-12-17-18(13-22(21)32-2)27-24(28-23(17)25)29-11-9-20-19(14-29)26-15-30(20)10-8-16-6-4-3-5-7-16/h3-7,12-13,15H,8-11,14H2,1-2H3,(H2,25,27,28). The Morgan fingerprint density at radius 3 is 2.59 bits per heavy atom. The number of nitrogen functional groups attached to an aromatic ring is 1. The topological polar surface area (TPSA) is 91.3 Å². The van der Waals surface area contributed by atoms with Gasteiger partial charge in [-0.25, -0.2) is 9.97 Å². The summed E-state index contributed by atoms with van der Waals surface area (Å²) in [4.78, 5) is 16.1. The fraction of sp³-hybridized carbons (Fsp3) is 0.292. The van der Waals surface area contributed by atoms with E-state index in [4.69, 9.17) is 20.2 Å². The monoisotopic (exact) mass is 430 g/mol. The third-order valence-electron chi connectivity index (χ3n) is 5.98. The fourth-order valence-electron chi connectivity index (χ4n) is 4.24. The molecule has 0 saturated carbocycles. The Bertz CT molecular complexity index is 1250. The van der Waals surface area contributed by atoms with Gasteiger partial charge in [-0.3, -0.25) is 0 Å². The summed E-state index contributed by atoms with van der Waals surface area (Å²) in [5.41, 5.74) is 10.7. The van der Waals surface area contributed by atoms with E-state index in [0.29, 0.717) is 29.8 Å². The number of nitrogens with zero attached hydrogens (tertiary/aromatic N) is 5. The maximum absolute atomic E-state index is 6.28. The van der Waals surface area contributed by atoms with Gasteiger partial charge in [0.1, 0.15) is 5.82 Å². The Morgan fingerprint density at radius 2 is 1.81 bits per heavy atom. The molecule has 3 heterocycles. The van der Waals surface area contributed by atoms with Crippen LogP contribution in [0.3, 0.4) is 0 Å². The van der Waals surface area contributed by atoms with E-state index in [1.54, 1.807) is 14.2 Å². The molecule has 1 aliphatic heterocycles. The van der Waals surface area contributed by atoms with E-state index >= 15 is 0 Å². The zero-order valence-corrected chi connectivity index (χ0v) is 18.3. The summed E-state index contributed by atoms with van der Waals surface area (Å²) in [6.45, 7) is 2.39. The second-order valence-corrected chi connectivity index (χ2v) is 7.87. The van der Waals surface area contributed by atoms with Crippen molar-refractivity contribution in [2.75, 3.05) is 31.4 Å². The number of rotatable bonds is 6. The Hall–Kier alpha value is -3.81. The summed E-state index contributed by atoms with van der Waals surface area (Å²) in [5, 5.41) is 0.745. The summed E-state index contributed by atoms with van der Waals surface area (Å²) >= 11 is 0. The van der Waals surface area contributed by atoms with Crippen LogP contribution in [-0.2, 0) is 25.9 Å². The molecule has 0 bridgehead atoms. The van der Waals surface area contributed by atoms with Crippen molar-refractivity contribution >= 4 is 22.7 Å². The number of benzene rings is 2. The number of ether oxygens (including phenoxy) is 2. The predicted molar refractivity (Wildman–Crippen MR) is 124 cm³/mol. The minimum absolute atomic E-state index is 0.421. The van der Waals surface area contributed by atoms with Gasteiger partial charge in [-0.2, -0.15) is 4.98 Å². The van der Waals surface area contributed by atoms with Crippen LogP contribution in [0.15, 0.2) is 48.8 Å². The minimum Gasteiger partial charge on any atom is -0.493 e. The number of aromatic nitrogens is 4. The van der Waals surface area contributed by atoms with Gasteiger partial charge in [-0.05, 0) is 18.1 Å². The number of nitrogens with two attached hydrogens (primary N) is 1. The highest BCUT2D eigenvalue weighted by molar-refractivity contribution is 5.91. The largest absolute Gasteiger partial charge is 0.493 e. The van der Waals surface area contributed by atoms with Crippen LogP contribution in [0.2, 0.25) is 0 Å². The summed E-state index contributed by atoms with van der Waals surface area (Å²) < 4.78 is 13.1. The van der Waals surface area contributed by atoms with E-state index in [1.165, 1.54) is 11.3 Å². The second-order valence-electron chi connectivity index (χ2n) is 7.87. The highest BCUT2D eigenvalue weighted by atomic mass is 16.5. The van der Waals surface area contributed by atoms with Gasteiger partial charge in [0.05, 0.1) is 38.3 Å². The summed E-state index contributed by atoms with van der Waals surface area (Å²) in [6, 6.07) is 14.2. The van der Waals surface area contributed by atoms with E-state index in [-0.39, 0.29) is 0 Å². The minimum atomic E-state index is 0.421. The highest BCUT2D eigenvalue weighted by Gasteiger charge is 2.24. The van der Waals surface area contributed by atoms with E-state index in [1.807, 2.05) is 24.5 Å². The van der Waals surface area contributed by atoms with Crippen LogP contribution in [-0.4, -0.2) is 40.3 Å². The normalized spacial score (nSPS) is 13.2. The molecule has 4 aromatic rings. The number of hydrogen-bond donors (Lipinski definition) is 1. The van der Waals surface area contributed by atoms with Crippen LogP contribution >= 0.6 is 0 Å². The van der Waals surface area contributed by atoms with Gasteiger partial charge < -0.3 is 24.7 Å². The highest BCUT2D eigenvalue weighted by Crippen LogP contribution is 2.34. The predicted octanol–water partition coefficient (Wildman–Crippen LogP) is 3.23. The summed E-state index contributed by atoms with van der Waals surface area (Å²) in [7, 11) is 3.20. The smallest absolute Gasteiger partial charge is 0.228 e. The molecule has 164 valence electrons. The number of methoxy groups -OCH3 is 2. The van der Waals surface area contributed by atoms with Crippen molar-refractivity contribution < 1.29 is 9.47 Å². The van der Waals surface area contributed by atoms with Crippen LogP contribution in [0.4, 0.5) is 11.8 Å². The van der Waals surface area contributed by atoms with Crippen molar-refractivity contribution in [2.45, 2.75) is 25.9 Å². The molecule has 0 saturated heterocycles. The van der Waals surface area contributed by atoms with Crippen LogP contribution in [0.1, 0.15) is 17.0 Å². The van der Waals surface area contributed by atoms with Gasteiger partial charge in [-0.1, -0.05) is 30.3 Å². The molecular formula is C24H26N6O2. The molecule has 2 N–H and O–H groups in total. The van der Waals surface area contributed by atoms with Crippen molar-refractivity contribution in [3.05, 3.63) is 65.7 Å². The van der Waals surface area contributed by atoms with Crippen molar-refractivity contribution in [3.63, 3.8) is 0 Å². The lowest BCUT2D eigenvalue weighted by Crippen LogP contribution is -2.33. The molecule has 1 aliphatic rings. The number of anilines is 2. The maximum Gasteiger partial charge on any atom is 0.228 e. The van der Waals surface area contributed by atoms with Crippen LogP contribution in [0.25, 0.3) is 10.9 Å². The third kappa shape index (κ3) is 3.68. The molecule has 0 amide bonds. The van der Waals surface area contributed by atoms with Gasteiger partial charge in [0.15, 0.2) is 11.5 Å². The van der Waals surface area contributed by atoms with Crippen LogP contribution < -0.4 is 20.1 Å². The first-order valence-electron chi connectivity index (χ1n) is 10.7. The van der Waals surface area contributed by atoms with Crippen LogP contribution in [0.5, 0.6) is 11.5 Å². The Kier molecular flexibility index (Phi) is 5.26. The quantitative estimate of drug-likeness (QED) is 0.502. The second kappa shape index (κ2) is 8.37. The molecule has 0 unspecified atom stereocenters. The lowest BCUT2D eigenvalue weighted by atomic mass is 10.1. The van der Waals surface area contributed by atoms with Crippen molar-refractivity contribution in [3.8, 4) is 11.5 Å². The van der Waals surface area contributed by atoms with E-state index < -0.39 is 0 Å². The zero-order valence-electron chi connectivity index (χ0n) is 18.3. The van der Waals surface area contributed by atoms with Crippen molar-refractivity contribution in [1.29, 1.82) is 0 Å². The molecule has 0 atom stereocenters. The van der Waals surface area contributed by atoms with E-state index in [2.05, 4.69) is 43.7 Å². The number of fused-ring (bicyclic) bond motifs is 2. The molecule has 2 aromatic carbocycles. The molecule has 0 radical (unpaired) electrons. The van der Waals surface area contributed by atoms with Gasteiger partial charge in [0, 0.05) is 36.7 Å². The molecule has 0 fully saturated rings. The molecular weight excluding hydrogens is 404 g/mol. The van der Waals surface area contributed by atoms with Gasteiger partial charge in [0.2, 0.25) is 5.95 Å². The molecule has 5 rings (SSSR count). The average molecular weight is 431 g/mol. The molecule has 8 heteroatoms. The van der Waals surface area contributed by atoms with Gasteiger partial charge >= 0.3 is 0 Å². The summed E-state index contributed by atoms with van der Waals surface area (Å²) in [6.07, 6.45) is 3.82. The van der Waals surface area contributed by atoms with E-state index in [9.17, 15) is 0 Å². The Balaban J connectivity index is 1.38. The van der Waals surface area contributed by atoms with Gasteiger partial charge in [0.25, 0.3) is 0 Å². The van der Waals surface area contributed by atoms with Gasteiger partial charge in [-0.15, -0.1) is 0 Å². The van der Waals surface area contributed by atoms with Crippen LogP contribution in [0, 0.1) is 0 Å². The first-order valence-corrected chi connectivity index (χ1v) is 10.7. The average Bonchev–Trinajstić information content (AvgIpc) is 3.24. The third-order valence-corrected chi connectivity index (χ3v) is 5.98. The lowest BCUT2D eigenvalue weighted by Gasteiger charge is -2.27. The number of imidazole rings is 1. The zero-order chi connectivity index (χ0) is 22.1. The fourth-order valence-corrected chi connectivity index (χ4v) is 4.24. The Morgan fingerprint density at radius 1 is 1.03 bits per heavy atom. The first kappa shape index (κ1) is 20.1. The molecule has 0 aliphatic carbocycles. The number of hydrogen-bond acceptors (Lipinski definition) is 7. The lowest BCUT2D eigenvalue weighted by molar-refractivity contribution is 0.356. The molecule has 32 heavy (non-hydrogen) atoms. The maximum atomic E-state index is 6.28. The molecule has 8 nitrogen and oxygen atoms in total. The molecule has 2 aromatic heterocycles. The SMILES string of the molecule is COc1cc2nc(N3CCc4c(ncn4CCc4ccccc4)C3)nc(N)c2cc1OC. The molecule has 0 spiro atoms. The van der Waals surface area contributed by atoms with Crippen molar-refractivity contribution in [2.24, 2.45) is 0 Å². The summed E-state index contributed by atoms with van der Waals surface area (Å²) in [5.74, 6) is 2.24. The first-order chi connectivity index (χ1) is 15.7. The van der Waals surface area contributed by atoms with E-state index in [0.717, 1.165) is 42.5 Å².